The van der Waals surface area contributed by atoms with Gasteiger partial charge in [-0.3, -0.25) is 19.6 Å². The summed E-state index contributed by atoms with van der Waals surface area (Å²) in [7, 11) is 4.46. The predicted octanol–water partition coefficient (Wildman–Crippen LogP) is 0.861. The Hall–Kier alpha value is -3.44. The van der Waals surface area contributed by atoms with Crippen LogP contribution in [-0.4, -0.2) is 88.4 Å². The molecule has 0 amide bonds. The maximum absolute atomic E-state index is 12.3. The number of carbonyl (C=O) groups excluding carboxylic acids is 6. The molecule has 0 rings (SSSR count). The van der Waals surface area contributed by atoms with Crippen LogP contribution in [0, 0.1) is 11.8 Å². The second-order valence-corrected chi connectivity index (χ2v) is 7.36. The van der Waals surface area contributed by atoms with E-state index in [0.29, 0.717) is 0 Å². The first kappa shape index (κ1) is 35.7. The molecule has 13 heteroatoms. The summed E-state index contributed by atoms with van der Waals surface area (Å²) >= 11 is 0. The monoisotopic (exact) mass is 571 g/mol. The second-order valence-electron chi connectivity index (χ2n) is 7.36. The van der Waals surface area contributed by atoms with Crippen LogP contribution in [0.3, 0.4) is 0 Å². The van der Waals surface area contributed by atoms with Crippen molar-refractivity contribution in [3.8, 4) is 0 Å². The van der Waals surface area contributed by atoms with Gasteiger partial charge in [-0.15, -0.1) is 0 Å². The number of hydrogen-bond donors (Lipinski definition) is 0. The van der Waals surface area contributed by atoms with Gasteiger partial charge in [0.1, 0.15) is 11.6 Å². The normalized spacial score (nSPS) is 13.9. The van der Waals surface area contributed by atoms with Crippen LogP contribution in [0.4, 0.5) is 0 Å². The minimum Gasteiger partial charge on any atom is -0.466 e. The molecule has 37 heavy (non-hydrogen) atoms. The van der Waals surface area contributed by atoms with Crippen molar-refractivity contribution in [1.29, 1.82) is 0 Å². The molecule has 209 valence electrons. The van der Waals surface area contributed by atoms with E-state index in [9.17, 15) is 28.8 Å². The molecule has 0 bridgehead atoms. The molecular weight excluding hydrogens is 540 g/mol. The molecule has 12 nitrogen and oxygen atoms in total. The van der Waals surface area contributed by atoms with Crippen molar-refractivity contribution in [1.82, 2.24) is 0 Å². The van der Waals surface area contributed by atoms with Crippen molar-refractivity contribution >= 4 is 46.9 Å². The van der Waals surface area contributed by atoms with Gasteiger partial charge in [-0.2, -0.15) is 0 Å². The van der Waals surface area contributed by atoms with Gasteiger partial charge < -0.3 is 18.9 Å². The maximum Gasteiger partial charge on any atom is 0.335 e. The molecule has 0 aromatic heterocycles. The number of Topliss-reactive ketones (excluding diaryl/α,β-unsaturated/α-hetero) is 2. The molecule has 0 saturated heterocycles. The summed E-state index contributed by atoms with van der Waals surface area (Å²) < 4.78 is 18.4. The van der Waals surface area contributed by atoms with Crippen molar-refractivity contribution in [3.05, 3.63) is 23.3 Å². The summed E-state index contributed by atoms with van der Waals surface area (Å²) in [6.07, 6.45) is 1.75. The number of methoxy groups -OCH3 is 4. The molecule has 0 aliphatic rings. The van der Waals surface area contributed by atoms with Gasteiger partial charge in [0.25, 0.3) is 0 Å². The van der Waals surface area contributed by atoms with E-state index in [4.69, 9.17) is 0 Å². The summed E-state index contributed by atoms with van der Waals surface area (Å²) in [5.74, 6) is -6.67. The molecule has 0 spiro atoms. The first-order chi connectivity index (χ1) is 16.9. The van der Waals surface area contributed by atoms with Crippen LogP contribution in [0.5, 0.6) is 0 Å². The van der Waals surface area contributed by atoms with Gasteiger partial charge >= 0.3 is 23.9 Å². The van der Waals surface area contributed by atoms with Gasteiger partial charge in [-0.1, -0.05) is 0 Å². The largest absolute Gasteiger partial charge is 0.466 e. The first-order valence-electron chi connectivity index (χ1n) is 10.6. The molecule has 0 aliphatic heterocycles. The van der Waals surface area contributed by atoms with E-state index in [0.717, 1.165) is 40.6 Å². The van der Waals surface area contributed by atoms with E-state index < -0.39 is 47.3 Å². The summed E-state index contributed by atoms with van der Waals surface area (Å²) in [5, 5.41) is 0. The fourth-order valence-electron chi connectivity index (χ4n) is 3.24. The zero-order valence-corrected chi connectivity index (χ0v) is 22.9. The number of esters is 4. The predicted molar refractivity (Wildman–Crippen MR) is 129 cm³/mol. The van der Waals surface area contributed by atoms with E-state index >= 15 is 0 Å². The van der Waals surface area contributed by atoms with Crippen molar-refractivity contribution in [2.75, 3.05) is 41.5 Å². The van der Waals surface area contributed by atoms with Crippen molar-refractivity contribution in [2.45, 2.75) is 27.7 Å². The summed E-state index contributed by atoms with van der Waals surface area (Å²) in [6, 6.07) is 0. The van der Waals surface area contributed by atoms with Crippen LogP contribution in [0.25, 0.3) is 0 Å². The van der Waals surface area contributed by atoms with E-state index in [1.807, 2.05) is 0 Å². The Morgan fingerprint density at radius 2 is 0.892 bits per heavy atom. The van der Waals surface area contributed by atoms with Gasteiger partial charge in [0.05, 0.1) is 64.5 Å². The summed E-state index contributed by atoms with van der Waals surface area (Å²) in [4.78, 5) is 80.8. The molecule has 2 atom stereocenters. The van der Waals surface area contributed by atoms with E-state index in [1.54, 1.807) is 0 Å². The van der Waals surface area contributed by atoms with Crippen molar-refractivity contribution in [2.24, 2.45) is 21.8 Å². The quantitative estimate of drug-likeness (QED) is 0.0773. The average molecular weight is 572 g/mol. The first-order valence-corrected chi connectivity index (χ1v) is 10.6. The summed E-state index contributed by atoms with van der Waals surface area (Å²) in [6.45, 7) is 5.56. The molecule has 0 fully saturated rings. The Labute approximate surface area is 226 Å². The van der Waals surface area contributed by atoms with Gasteiger partial charge in [0.15, 0.2) is 0 Å². The third-order valence-corrected chi connectivity index (χ3v) is 4.88. The SMILES string of the molecule is COC(=O)/C=C(\C(=O)OC)C(C(C)=O)C(C)=NCCN=C(C)C(C(C)=O)/C(=C/C(=O)OC)C(=O)OC.[Cu]. The Morgan fingerprint density at radius 3 is 1.11 bits per heavy atom. The average Bonchev–Trinajstić information content (AvgIpc) is 2.83. The van der Waals surface area contributed by atoms with Crippen LogP contribution < -0.4 is 0 Å². The second kappa shape index (κ2) is 17.9. The van der Waals surface area contributed by atoms with E-state index in [2.05, 4.69) is 28.9 Å². The number of ether oxygens (including phenoxy) is 4. The molecule has 0 saturated carbocycles. The molecule has 0 N–H and O–H groups in total. The molecule has 1 radical (unpaired) electrons. The number of ketones is 2. The minimum atomic E-state index is -1.15. The van der Waals surface area contributed by atoms with Crippen molar-refractivity contribution in [3.63, 3.8) is 0 Å². The van der Waals surface area contributed by atoms with Crippen LogP contribution in [0.15, 0.2) is 33.3 Å². The Bertz CT molecular complexity index is 931. The van der Waals surface area contributed by atoms with Crippen LogP contribution in [-0.2, 0) is 64.8 Å². The topological polar surface area (TPSA) is 164 Å². The number of aliphatic imine (C=N–C) groups is 2. The van der Waals surface area contributed by atoms with E-state index in [1.165, 1.54) is 27.7 Å². The van der Waals surface area contributed by atoms with E-state index in [-0.39, 0.29) is 52.7 Å². The number of carbonyl (C=O) groups is 6. The summed E-state index contributed by atoms with van der Waals surface area (Å²) in [5.41, 5.74) is -0.0186. The van der Waals surface area contributed by atoms with Crippen LogP contribution in [0.2, 0.25) is 0 Å². The smallest absolute Gasteiger partial charge is 0.335 e. The Morgan fingerprint density at radius 1 is 0.595 bits per heavy atom. The number of rotatable bonds is 13. The van der Waals surface area contributed by atoms with Gasteiger partial charge in [0.2, 0.25) is 0 Å². The molecule has 0 aromatic rings. The molecule has 0 aliphatic carbocycles. The molecule has 0 aromatic carbocycles. The van der Waals surface area contributed by atoms with Crippen LogP contribution >= 0.6 is 0 Å². The molecule has 2 unspecified atom stereocenters. The third-order valence-electron chi connectivity index (χ3n) is 4.88. The third kappa shape index (κ3) is 11.4. The zero-order valence-electron chi connectivity index (χ0n) is 22.0. The standard InChI is InChI=1S/C24H32N2O10.Cu/c1-13(21(15(3)27)17(23(31)35-7)11-19(29)33-5)25-9-10-26-14(2)22(16(4)28)18(24(32)36-8)12-20(30)34-6;/h11-12,21-22H,9-10H2,1-8H3;/b17-11-,18-12-,25-13?,26-14?;. The zero-order chi connectivity index (χ0) is 28.0. The van der Waals surface area contributed by atoms with Gasteiger partial charge in [-0.25, -0.2) is 19.2 Å². The minimum absolute atomic E-state index is 0. The molecular formula is C24H32CuN2O10. The fraction of sp³-hybridized carbons (Fsp3) is 0.500. The molecule has 0 heterocycles. The Kier molecular flexibility index (Phi) is 17.3. The fourth-order valence-corrected chi connectivity index (χ4v) is 3.24. The van der Waals surface area contributed by atoms with Crippen LogP contribution in [0.1, 0.15) is 27.7 Å². The van der Waals surface area contributed by atoms with Gasteiger partial charge in [0, 0.05) is 40.6 Å². The van der Waals surface area contributed by atoms with Crippen molar-refractivity contribution < 1.29 is 64.8 Å². The Balaban J connectivity index is 0. The number of nitrogens with zero attached hydrogens (tertiary/aromatic N) is 2. The maximum atomic E-state index is 12.3. The number of hydrogen-bond acceptors (Lipinski definition) is 12. The van der Waals surface area contributed by atoms with Gasteiger partial charge in [-0.05, 0) is 27.7 Å².